The largest absolute Gasteiger partial charge is 0.377 e. The monoisotopic (exact) mass is 406 g/mol. The molecule has 3 aliphatic carbocycles. The van der Waals surface area contributed by atoms with Crippen LogP contribution >= 0.6 is 0 Å². The third-order valence-corrected chi connectivity index (χ3v) is 9.07. The highest BCUT2D eigenvalue weighted by molar-refractivity contribution is 5.94. The predicted octanol–water partition coefficient (Wildman–Crippen LogP) is 4.43. The third-order valence-electron chi connectivity index (χ3n) is 9.07. The second-order valence-electron chi connectivity index (χ2n) is 10.8. The van der Waals surface area contributed by atoms with E-state index in [9.17, 15) is 9.59 Å². The van der Waals surface area contributed by atoms with E-state index in [0.29, 0.717) is 29.6 Å². The minimum Gasteiger partial charge on any atom is -0.377 e. The predicted molar refractivity (Wildman–Crippen MR) is 118 cm³/mol. The number of allylic oxidation sites excluding steroid dienone is 2. The molecule has 0 bridgehead atoms. The van der Waals surface area contributed by atoms with Crippen LogP contribution in [0.15, 0.2) is 42.1 Å². The lowest BCUT2D eigenvalue weighted by molar-refractivity contribution is -0.118. The van der Waals surface area contributed by atoms with Gasteiger partial charge in [-0.1, -0.05) is 32.0 Å². The molecule has 2 saturated carbocycles. The van der Waals surface area contributed by atoms with Crippen LogP contribution < -0.4 is 5.32 Å². The summed E-state index contributed by atoms with van der Waals surface area (Å²) < 4.78 is 0. The van der Waals surface area contributed by atoms with Crippen molar-refractivity contribution >= 4 is 11.7 Å². The number of carbonyl (C=O) groups excluding carboxylic acids is 2. The molecule has 1 heterocycles. The Morgan fingerprint density at radius 1 is 1.13 bits per heavy atom. The zero-order valence-electron chi connectivity index (χ0n) is 18.5. The van der Waals surface area contributed by atoms with Gasteiger partial charge in [-0.05, 0) is 67.4 Å². The molecule has 4 heteroatoms. The van der Waals surface area contributed by atoms with E-state index in [0.717, 1.165) is 31.4 Å². The molecule has 0 aromatic heterocycles. The first-order valence-electron chi connectivity index (χ1n) is 11.6. The zero-order chi connectivity index (χ0) is 21.1. The Bertz CT molecular complexity index is 894. The van der Waals surface area contributed by atoms with E-state index in [-0.39, 0.29) is 23.1 Å². The average Bonchev–Trinajstić information content (AvgIpc) is 3.06. The van der Waals surface area contributed by atoms with Crippen LogP contribution in [0.4, 0.5) is 0 Å². The van der Waals surface area contributed by atoms with Gasteiger partial charge >= 0.3 is 0 Å². The summed E-state index contributed by atoms with van der Waals surface area (Å²) in [5.74, 6) is 2.27. The maximum atomic E-state index is 12.8. The molecule has 160 valence electrons. The van der Waals surface area contributed by atoms with Gasteiger partial charge < -0.3 is 10.2 Å². The van der Waals surface area contributed by atoms with E-state index in [2.05, 4.69) is 31.1 Å². The first kappa shape index (κ1) is 19.8. The molecule has 0 spiro atoms. The van der Waals surface area contributed by atoms with Gasteiger partial charge in [0.1, 0.15) is 0 Å². The lowest BCUT2D eigenvalue weighted by atomic mass is 9.50. The molecule has 1 amide bonds. The van der Waals surface area contributed by atoms with Gasteiger partial charge in [0, 0.05) is 48.8 Å². The standard InChI is InChI=1S/C26H34N2O2/c1-25-11-10-21-20(16-28(3)23-14-19(29)9-12-26(21,23)2)22(25)13-18(15-25)27-24(30)17-7-5-4-6-8-17/h4-8,14,18,20-22H,9-13,15-16H2,1-3H3,(H,27,30)/t18?,20-,21-,22+,25-,26-/m1/s1. The van der Waals surface area contributed by atoms with Gasteiger partial charge in [0.05, 0.1) is 0 Å². The van der Waals surface area contributed by atoms with E-state index in [1.807, 2.05) is 36.4 Å². The minimum absolute atomic E-state index is 0.0585. The molecule has 5 rings (SSSR count). The number of hydrogen-bond acceptors (Lipinski definition) is 3. The van der Waals surface area contributed by atoms with Crippen LogP contribution in [0.5, 0.6) is 0 Å². The Hall–Kier alpha value is -2.10. The Morgan fingerprint density at radius 2 is 1.90 bits per heavy atom. The van der Waals surface area contributed by atoms with E-state index in [1.54, 1.807) is 0 Å². The number of fused-ring (bicyclic) bond motifs is 5. The number of likely N-dealkylation sites (tertiary alicyclic amines) is 1. The van der Waals surface area contributed by atoms with Gasteiger partial charge in [0.25, 0.3) is 5.91 Å². The fraction of sp³-hybridized carbons (Fsp3) is 0.615. The molecule has 1 N–H and O–H groups in total. The molecule has 6 atom stereocenters. The fourth-order valence-corrected chi connectivity index (χ4v) is 7.60. The van der Waals surface area contributed by atoms with Gasteiger partial charge in [-0.3, -0.25) is 9.59 Å². The molecule has 1 aromatic rings. The molecule has 30 heavy (non-hydrogen) atoms. The topological polar surface area (TPSA) is 49.4 Å². The Kier molecular flexibility index (Phi) is 4.61. The summed E-state index contributed by atoms with van der Waals surface area (Å²) in [7, 11) is 2.18. The Morgan fingerprint density at radius 3 is 2.67 bits per heavy atom. The number of carbonyl (C=O) groups is 2. The van der Waals surface area contributed by atoms with E-state index < -0.39 is 0 Å². The van der Waals surface area contributed by atoms with Crippen molar-refractivity contribution in [3.05, 3.63) is 47.7 Å². The summed E-state index contributed by atoms with van der Waals surface area (Å²) in [6.07, 6.45) is 8.25. The van der Waals surface area contributed by atoms with Crippen LogP contribution in [0.2, 0.25) is 0 Å². The van der Waals surface area contributed by atoms with Crippen molar-refractivity contribution < 1.29 is 9.59 Å². The highest BCUT2D eigenvalue weighted by atomic mass is 16.1. The van der Waals surface area contributed by atoms with Gasteiger partial charge in [-0.25, -0.2) is 0 Å². The quantitative estimate of drug-likeness (QED) is 0.791. The number of piperidine rings is 1. The normalized spacial score (nSPS) is 40.2. The molecule has 4 nitrogen and oxygen atoms in total. The number of benzene rings is 1. The van der Waals surface area contributed by atoms with Crippen molar-refractivity contribution in [3.63, 3.8) is 0 Å². The lowest BCUT2D eigenvalue weighted by Crippen LogP contribution is -2.56. The molecule has 0 radical (unpaired) electrons. The number of nitrogens with zero attached hydrogens (tertiary/aromatic N) is 1. The summed E-state index contributed by atoms with van der Waals surface area (Å²) in [4.78, 5) is 27.2. The first-order valence-corrected chi connectivity index (χ1v) is 11.6. The average molecular weight is 407 g/mol. The van der Waals surface area contributed by atoms with Crippen molar-refractivity contribution in [3.8, 4) is 0 Å². The number of nitrogens with one attached hydrogen (secondary N) is 1. The number of rotatable bonds is 2. The van der Waals surface area contributed by atoms with Gasteiger partial charge in [-0.2, -0.15) is 0 Å². The zero-order valence-corrected chi connectivity index (χ0v) is 18.5. The summed E-state index contributed by atoms with van der Waals surface area (Å²) in [6.45, 7) is 5.91. The van der Waals surface area contributed by atoms with Crippen LogP contribution in [-0.2, 0) is 4.79 Å². The van der Waals surface area contributed by atoms with Crippen LogP contribution in [0.25, 0.3) is 0 Å². The van der Waals surface area contributed by atoms with Crippen LogP contribution in [-0.4, -0.2) is 36.2 Å². The molecule has 4 aliphatic rings. The molecular formula is C26H34N2O2. The molecule has 1 unspecified atom stereocenters. The lowest BCUT2D eigenvalue weighted by Gasteiger charge is -2.59. The fourth-order valence-electron chi connectivity index (χ4n) is 7.60. The van der Waals surface area contributed by atoms with E-state index >= 15 is 0 Å². The van der Waals surface area contributed by atoms with Crippen molar-refractivity contribution in [1.82, 2.24) is 10.2 Å². The van der Waals surface area contributed by atoms with Gasteiger partial charge in [0.2, 0.25) is 0 Å². The van der Waals surface area contributed by atoms with Gasteiger partial charge in [0.15, 0.2) is 5.78 Å². The number of amides is 1. The summed E-state index contributed by atoms with van der Waals surface area (Å²) >= 11 is 0. The second-order valence-corrected chi connectivity index (χ2v) is 10.8. The molecule has 1 aromatic carbocycles. The van der Waals surface area contributed by atoms with Crippen molar-refractivity contribution in [1.29, 1.82) is 0 Å². The summed E-state index contributed by atoms with van der Waals surface area (Å²) in [5.41, 5.74) is 2.45. The SMILES string of the molecule is CN1C[C@@H]2[C@@H](CC[C@]3(C)CC(NC(=O)c4ccccc4)C[C@@H]23)[C@@]2(C)CCC(=O)C=C12. The van der Waals surface area contributed by atoms with Crippen LogP contribution in [0.3, 0.4) is 0 Å². The van der Waals surface area contributed by atoms with Crippen molar-refractivity contribution in [2.24, 2.45) is 28.6 Å². The molecular weight excluding hydrogens is 372 g/mol. The highest BCUT2D eigenvalue weighted by Crippen LogP contribution is 2.63. The summed E-state index contributed by atoms with van der Waals surface area (Å²) in [6, 6.07) is 9.84. The van der Waals surface area contributed by atoms with Crippen LogP contribution in [0.1, 0.15) is 62.7 Å². The smallest absolute Gasteiger partial charge is 0.251 e. The Balaban J connectivity index is 1.37. The molecule has 3 fully saturated rings. The minimum atomic E-state index is 0.0585. The van der Waals surface area contributed by atoms with Gasteiger partial charge in [-0.15, -0.1) is 0 Å². The second kappa shape index (κ2) is 6.96. The maximum absolute atomic E-state index is 12.8. The highest BCUT2D eigenvalue weighted by Gasteiger charge is 2.59. The first-order chi connectivity index (χ1) is 14.3. The summed E-state index contributed by atoms with van der Waals surface area (Å²) in [5, 5.41) is 3.35. The van der Waals surface area contributed by atoms with Crippen molar-refractivity contribution in [2.45, 2.75) is 58.4 Å². The molecule has 1 saturated heterocycles. The van der Waals surface area contributed by atoms with E-state index in [4.69, 9.17) is 0 Å². The molecule has 1 aliphatic heterocycles. The van der Waals surface area contributed by atoms with E-state index in [1.165, 1.54) is 18.5 Å². The Labute approximate surface area is 180 Å². The van der Waals surface area contributed by atoms with Crippen LogP contribution in [0, 0.1) is 28.6 Å². The maximum Gasteiger partial charge on any atom is 0.251 e. The number of ketones is 1. The van der Waals surface area contributed by atoms with Crippen molar-refractivity contribution in [2.75, 3.05) is 13.6 Å². The number of hydrogen-bond donors (Lipinski definition) is 1. The third kappa shape index (κ3) is 3.02.